The third-order valence-corrected chi connectivity index (χ3v) is 4.08. The van der Waals surface area contributed by atoms with Crippen LogP contribution in [0.25, 0.3) is 0 Å². The van der Waals surface area contributed by atoms with Crippen LogP contribution in [0.2, 0.25) is 0 Å². The van der Waals surface area contributed by atoms with E-state index in [9.17, 15) is 4.79 Å². The van der Waals surface area contributed by atoms with E-state index in [0.717, 1.165) is 52.1 Å². The van der Waals surface area contributed by atoms with Gasteiger partial charge in [-0.2, -0.15) is 0 Å². The average Bonchev–Trinajstić information content (AvgIpc) is 2.46. The Morgan fingerprint density at radius 2 is 2.06 bits per heavy atom. The standard InChI is InChI=1S/C13H25N3O2/c1-11(15-8-5-14-6-9-15)13(17)16-7-3-4-12(10-16)18-2/h11-12,14H,3-10H2,1-2H3. The quantitative estimate of drug-likeness (QED) is 0.766. The van der Waals surface area contributed by atoms with E-state index in [1.807, 2.05) is 11.8 Å². The summed E-state index contributed by atoms with van der Waals surface area (Å²) in [7, 11) is 1.73. The van der Waals surface area contributed by atoms with Gasteiger partial charge in [0.2, 0.25) is 5.91 Å². The van der Waals surface area contributed by atoms with Crippen molar-refractivity contribution in [2.45, 2.75) is 31.9 Å². The van der Waals surface area contributed by atoms with E-state index in [2.05, 4.69) is 10.2 Å². The van der Waals surface area contributed by atoms with Crippen molar-refractivity contribution in [3.05, 3.63) is 0 Å². The third-order valence-electron chi connectivity index (χ3n) is 4.08. The highest BCUT2D eigenvalue weighted by Crippen LogP contribution is 2.15. The fraction of sp³-hybridized carbons (Fsp3) is 0.923. The second-order valence-electron chi connectivity index (χ2n) is 5.25. The largest absolute Gasteiger partial charge is 0.380 e. The van der Waals surface area contributed by atoms with Gasteiger partial charge in [-0.3, -0.25) is 9.69 Å². The van der Waals surface area contributed by atoms with Gasteiger partial charge in [-0.1, -0.05) is 0 Å². The fourth-order valence-electron chi connectivity index (χ4n) is 2.82. The summed E-state index contributed by atoms with van der Waals surface area (Å²) in [5.41, 5.74) is 0. The van der Waals surface area contributed by atoms with Crippen molar-refractivity contribution in [3.63, 3.8) is 0 Å². The summed E-state index contributed by atoms with van der Waals surface area (Å²) in [5, 5.41) is 3.32. The van der Waals surface area contributed by atoms with Crippen LogP contribution in [0.3, 0.4) is 0 Å². The van der Waals surface area contributed by atoms with Gasteiger partial charge in [0.1, 0.15) is 0 Å². The maximum absolute atomic E-state index is 12.5. The molecule has 5 heteroatoms. The van der Waals surface area contributed by atoms with Crippen LogP contribution < -0.4 is 5.32 Å². The smallest absolute Gasteiger partial charge is 0.239 e. The zero-order chi connectivity index (χ0) is 13.0. The Hall–Kier alpha value is -0.650. The van der Waals surface area contributed by atoms with Gasteiger partial charge >= 0.3 is 0 Å². The normalized spacial score (nSPS) is 28.1. The van der Waals surface area contributed by atoms with Crippen molar-refractivity contribution in [1.29, 1.82) is 0 Å². The minimum atomic E-state index is 0.00251. The lowest BCUT2D eigenvalue weighted by atomic mass is 10.1. The molecule has 0 bridgehead atoms. The van der Waals surface area contributed by atoms with E-state index in [4.69, 9.17) is 4.74 Å². The van der Waals surface area contributed by atoms with Crippen molar-refractivity contribution in [3.8, 4) is 0 Å². The van der Waals surface area contributed by atoms with Crippen LogP contribution >= 0.6 is 0 Å². The summed E-state index contributed by atoms with van der Waals surface area (Å²) in [6.07, 6.45) is 2.35. The molecule has 2 atom stereocenters. The Bertz CT molecular complexity index is 275. The molecule has 104 valence electrons. The Labute approximate surface area is 109 Å². The molecule has 2 aliphatic rings. The summed E-state index contributed by atoms with van der Waals surface area (Å²) >= 11 is 0. The highest BCUT2D eigenvalue weighted by atomic mass is 16.5. The molecule has 18 heavy (non-hydrogen) atoms. The second kappa shape index (κ2) is 6.50. The number of carbonyl (C=O) groups excluding carboxylic acids is 1. The number of piperazine rings is 1. The molecule has 2 heterocycles. The highest BCUT2D eigenvalue weighted by molar-refractivity contribution is 5.81. The van der Waals surface area contributed by atoms with Crippen LogP contribution in [0.15, 0.2) is 0 Å². The summed E-state index contributed by atoms with van der Waals surface area (Å²) in [6.45, 7) is 7.57. The van der Waals surface area contributed by atoms with E-state index in [1.165, 1.54) is 0 Å². The van der Waals surface area contributed by atoms with Gasteiger partial charge in [0.25, 0.3) is 0 Å². The molecule has 2 saturated heterocycles. The SMILES string of the molecule is COC1CCCN(C(=O)C(C)N2CCNCC2)C1. The molecule has 0 radical (unpaired) electrons. The van der Waals surface area contributed by atoms with Crippen LogP contribution in [0.5, 0.6) is 0 Å². The molecule has 0 saturated carbocycles. The first kappa shape index (κ1) is 13.8. The monoisotopic (exact) mass is 255 g/mol. The number of carbonyl (C=O) groups is 1. The Balaban J connectivity index is 1.88. The Morgan fingerprint density at radius 1 is 1.33 bits per heavy atom. The molecule has 0 aliphatic carbocycles. The molecule has 5 nitrogen and oxygen atoms in total. The summed E-state index contributed by atoms with van der Waals surface area (Å²) in [4.78, 5) is 16.7. The van der Waals surface area contributed by atoms with Gasteiger partial charge in [-0.25, -0.2) is 0 Å². The lowest BCUT2D eigenvalue weighted by Crippen LogP contribution is -2.55. The molecule has 0 aromatic rings. The molecule has 0 spiro atoms. The molecule has 1 N–H and O–H groups in total. The highest BCUT2D eigenvalue weighted by Gasteiger charge is 2.30. The number of hydrogen-bond acceptors (Lipinski definition) is 4. The molecule has 1 amide bonds. The van der Waals surface area contributed by atoms with E-state index in [1.54, 1.807) is 7.11 Å². The molecule has 0 aromatic heterocycles. The number of ether oxygens (including phenoxy) is 1. The van der Waals surface area contributed by atoms with Gasteiger partial charge in [0, 0.05) is 46.4 Å². The minimum Gasteiger partial charge on any atom is -0.380 e. The number of likely N-dealkylation sites (tertiary alicyclic amines) is 1. The number of nitrogens with zero attached hydrogens (tertiary/aromatic N) is 2. The second-order valence-corrected chi connectivity index (χ2v) is 5.25. The molecule has 2 rings (SSSR count). The van der Waals surface area contributed by atoms with Crippen LogP contribution in [0.1, 0.15) is 19.8 Å². The van der Waals surface area contributed by atoms with Crippen molar-refractivity contribution >= 4 is 5.91 Å². The lowest BCUT2D eigenvalue weighted by Gasteiger charge is -2.38. The number of nitrogens with one attached hydrogen (secondary N) is 1. The first-order valence-corrected chi connectivity index (χ1v) is 6.98. The molecular weight excluding hydrogens is 230 g/mol. The van der Waals surface area contributed by atoms with Gasteiger partial charge in [-0.15, -0.1) is 0 Å². The van der Waals surface area contributed by atoms with E-state index < -0.39 is 0 Å². The molecule has 0 aromatic carbocycles. The predicted molar refractivity (Wildman–Crippen MR) is 70.5 cm³/mol. The van der Waals surface area contributed by atoms with E-state index in [0.29, 0.717) is 0 Å². The van der Waals surface area contributed by atoms with Crippen molar-refractivity contribution in [2.24, 2.45) is 0 Å². The molecule has 2 aliphatic heterocycles. The van der Waals surface area contributed by atoms with E-state index >= 15 is 0 Å². The molecule has 2 unspecified atom stereocenters. The zero-order valence-corrected chi connectivity index (χ0v) is 11.5. The average molecular weight is 255 g/mol. The number of piperidine rings is 1. The van der Waals surface area contributed by atoms with Gasteiger partial charge in [0.15, 0.2) is 0 Å². The van der Waals surface area contributed by atoms with Crippen molar-refractivity contribution in [2.75, 3.05) is 46.4 Å². The van der Waals surface area contributed by atoms with Crippen LogP contribution in [-0.4, -0.2) is 74.2 Å². The first-order chi connectivity index (χ1) is 8.72. The Kier molecular flexibility index (Phi) is 4.97. The lowest BCUT2D eigenvalue weighted by molar-refractivity contribution is -0.140. The number of amides is 1. The fourth-order valence-corrected chi connectivity index (χ4v) is 2.82. The van der Waals surface area contributed by atoms with Crippen LogP contribution in [-0.2, 0) is 9.53 Å². The molecular formula is C13H25N3O2. The molecule has 2 fully saturated rings. The topological polar surface area (TPSA) is 44.8 Å². The zero-order valence-electron chi connectivity index (χ0n) is 11.5. The Morgan fingerprint density at radius 3 is 2.72 bits per heavy atom. The number of methoxy groups -OCH3 is 1. The van der Waals surface area contributed by atoms with Crippen molar-refractivity contribution < 1.29 is 9.53 Å². The van der Waals surface area contributed by atoms with E-state index in [-0.39, 0.29) is 18.1 Å². The minimum absolute atomic E-state index is 0.00251. The third kappa shape index (κ3) is 3.22. The summed E-state index contributed by atoms with van der Waals surface area (Å²) in [6, 6.07) is 0.00251. The van der Waals surface area contributed by atoms with Gasteiger partial charge < -0.3 is 15.0 Å². The summed E-state index contributed by atoms with van der Waals surface area (Å²) < 4.78 is 5.38. The van der Waals surface area contributed by atoms with Crippen LogP contribution in [0.4, 0.5) is 0 Å². The maximum atomic E-state index is 12.5. The van der Waals surface area contributed by atoms with Gasteiger partial charge in [-0.05, 0) is 19.8 Å². The number of hydrogen-bond donors (Lipinski definition) is 1. The van der Waals surface area contributed by atoms with Gasteiger partial charge in [0.05, 0.1) is 12.1 Å². The maximum Gasteiger partial charge on any atom is 0.239 e. The predicted octanol–water partition coefficient (Wildman–Crippen LogP) is -0.0825. The summed E-state index contributed by atoms with van der Waals surface area (Å²) in [5.74, 6) is 0.263. The first-order valence-electron chi connectivity index (χ1n) is 6.98. The van der Waals surface area contributed by atoms with Crippen molar-refractivity contribution in [1.82, 2.24) is 15.1 Å². The number of rotatable bonds is 3. The van der Waals surface area contributed by atoms with Crippen LogP contribution in [0, 0.1) is 0 Å².